The molecule has 0 spiro atoms. The number of benzene rings is 1. The number of carbonyl (C=O) groups excluding carboxylic acids is 1. The Hall–Kier alpha value is -1.27. The largest absolute Gasteiger partial charge is 0.445 e. The van der Waals surface area contributed by atoms with Crippen LogP contribution in [0.25, 0.3) is 0 Å². The van der Waals surface area contributed by atoms with Crippen LogP contribution in [0.5, 0.6) is 0 Å². The van der Waals surface area contributed by atoms with Crippen LogP contribution in [0.1, 0.15) is 18.4 Å². The predicted octanol–water partition coefficient (Wildman–Crippen LogP) is 2.36. The highest BCUT2D eigenvalue weighted by Gasteiger charge is 2.32. The van der Waals surface area contributed by atoms with E-state index in [-0.39, 0.29) is 18.4 Å². The molecule has 1 amide bonds. The van der Waals surface area contributed by atoms with Crippen LogP contribution in [0, 0.1) is 0 Å². The molecule has 1 aromatic rings. The zero-order valence-corrected chi connectivity index (χ0v) is 12.4. The van der Waals surface area contributed by atoms with Crippen molar-refractivity contribution in [2.75, 3.05) is 12.3 Å². The van der Waals surface area contributed by atoms with Gasteiger partial charge in [-0.3, -0.25) is 0 Å². The fourth-order valence-corrected chi connectivity index (χ4v) is 3.52. The van der Waals surface area contributed by atoms with Crippen LogP contribution in [0.2, 0.25) is 0 Å². The first kappa shape index (κ1) is 15.1. The summed E-state index contributed by atoms with van der Waals surface area (Å²) >= 11 is 0. The highest BCUT2D eigenvalue weighted by Crippen LogP contribution is 2.21. The van der Waals surface area contributed by atoms with Crippen molar-refractivity contribution in [1.82, 2.24) is 4.90 Å². The van der Waals surface area contributed by atoms with Crippen LogP contribution >= 0.6 is 10.7 Å². The van der Waals surface area contributed by atoms with E-state index in [4.69, 9.17) is 15.4 Å². The Morgan fingerprint density at radius 2 is 2.05 bits per heavy atom. The zero-order chi connectivity index (χ0) is 14.6. The van der Waals surface area contributed by atoms with E-state index in [0.29, 0.717) is 13.0 Å². The molecule has 1 heterocycles. The number of likely N-dealkylation sites (tertiary alicyclic amines) is 1. The summed E-state index contributed by atoms with van der Waals surface area (Å²) in [6, 6.07) is 8.94. The third-order valence-corrected chi connectivity index (χ3v) is 4.37. The van der Waals surface area contributed by atoms with Gasteiger partial charge < -0.3 is 9.64 Å². The first-order valence-electron chi connectivity index (χ1n) is 6.35. The van der Waals surface area contributed by atoms with Crippen molar-refractivity contribution in [2.24, 2.45) is 0 Å². The van der Waals surface area contributed by atoms with Gasteiger partial charge in [-0.1, -0.05) is 30.3 Å². The van der Waals surface area contributed by atoms with Crippen LogP contribution in [0.3, 0.4) is 0 Å². The second kappa shape index (κ2) is 6.45. The van der Waals surface area contributed by atoms with Crippen molar-refractivity contribution in [1.29, 1.82) is 0 Å². The minimum absolute atomic E-state index is 0.177. The average Bonchev–Trinajstić information content (AvgIpc) is 2.83. The first-order chi connectivity index (χ1) is 9.46. The Bertz CT molecular complexity index is 561. The Morgan fingerprint density at radius 1 is 1.35 bits per heavy atom. The molecule has 0 radical (unpaired) electrons. The number of rotatable bonds is 4. The molecule has 2 rings (SSSR count). The number of nitrogens with zero attached hydrogens (tertiary/aromatic N) is 1. The summed E-state index contributed by atoms with van der Waals surface area (Å²) in [6.07, 6.45) is 0.904. The third kappa shape index (κ3) is 4.38. The molecule has 110 valence electrons. The van der Waals surface area contributed by atoms with E-state index in [9.17, 15) is 13.2 Å². The molecule has 0 aromatic heterocycles. The summed E-state index contributed by atoms with van der Waals surface area (Å²) in [4.78, 5) is 13.4. The lowest BCUT2D eigenvalue weighted by molar-refractivity contribution is 0.0948. The number of hydrogen-bond acceptors (Lipinski definition) is 4. The number of hydrogen-bond donors (Lipinski definition) is 0. The summed E-state index contributed by atoms with van der Waals surface area (Å²) < 4.78 is 27.4. The summed E-state index contributed by atoms with van der Waals surface area (Å²) in [5.41, 5.74) is 0.890. The van der Waals surface area contributed by atoms with E-state index in [1.807, 2.05) is 30.3 Å². The summed E-state index contributed by atoms with van der Waals surface area (Å²) in [7, 11) is 1.63. The van der Waals surface area contributed by atoms with Gasteiger partial charge >= 0.3 is 6.09 Å². The van der Waals surface area contributed by atoms with Crippen molar-refractivity contribution < 1.29 is 17.9 Å². The van der Waals surface area contributed by atoms with Crippen LogP contribution in [0.15, 0.2) is 30.3 Å². The normalized spacial score (nSPS) is 19.1. The molecule has 20 heavy (non-hydrogen) atoms. The highest BCUT2D eigenvalue weighted by molar-refractivity contribution is 8.13. The summed E-state index contributed by atoms with van der Waals surface area (Å²) in [6.45, 7) is 0.682. The quantitative estimate of drug-likeness (QED) is 0.800. The van der Waals surface area contributed by atoms with Crippen LogP contribution < -0.4 is 0 Å². The van der Waals surface area contributed by atoms with Gasteiger partial charge in [0.1, 0.15) is 6.61 Å². The third-order valence-electron chi connectivity index (χ3n) is 3.21. The van der Waals surface area contributed by atoms with Gasteiger partial charge in [-0.15, -0.1) is 0 Å². The smallest absolute Gasteiger partial charge is 0.410 e. The lowest BCUT2D eigenvalue weighted by atomic mass is 10.2. The van der Waals surface area contributed by atoms with E-state index in [1.165, 1.54) is 4.90 Å². The van der Waals surface area contributed by atoms with Gasteiger partial charge in [0, 0.05) is 17.2 Å². The second-order valence-corrected chi connectivity index (χ2v) is 7.56. The Balaban J connectivity index is 1.91. The molecular weight excluding hydrogens is 302 g/mol. The monoisotopic (exact) mass is 317 g/mol. The van der Waals surface area contributed by atoms with Crippen molar-refractivity contribution in [2.45, 2.75) is 25.5 Å². The average molecular weight is 318 g/mol. The lowest BCUT2D eigenvalue weighted by Crippen LogP contribution is -2.39. The van der Waals surface area contributed by atoms with E-state index >= 15 is 0 Å². The fraction of sp³-hybridized carbons (Fsp3) is 0.462. The maximum absolute atomic E-state index is 12.0. The van der Waals surface area contributed by atoms with Gasteiger partial charge in [-0.25, -0.2) is 13.2 Å². The minimum Gasteiger partial charge on any atom is -0.445 e. The van der Waals surface area contributed by atoms with Gasteiger partial charge in [0.25, 0.3) is 0 Å². The Morgan fingerprint density at radius 3 is 2.70 bits per heavy atom. The van der Waals surface area contributed by atoms with E-state index in [0.717, 1.165) is 12.0 Å². The topological polar surface area (TPSA) is 63.7 Å². The predicted molar refractivity (Wildman–Crippen MR) is 76.0 cm³/mol. The maximum Gasteiger partial charge on any atom is 0.410 e. The molecule has 1 aromatic carbocycles. The second-order valence-electron chi connectivity index (χ2n) is 4.74. The number of halogens is 1. The van der Waals surface area contributed by atoms with Gasteiger partial charge in [0.15, 0.2) is 0 Å². The molecule has 0 N–H and O–H groups in total. The molecular formula is C13H16ClNO4S. The van der Waals surface area contributed by atoms with Crippen molar-refractivity contribution in [3.8, 4) is 0 Å². The molecule has 1 aliphatic heterocycles. The van der Waals surface area contributed by atoms with Crippen LogP contribution in [0.4, 0.5) is 4.79 Å². The number of amides is 1. The maximum atomic E-state index is 12.0. The number of ether oxygens (including phenoxy) is 1. The molecule has 1 fully saturated rings. The molecule has 1 atom stereocenters. The van der Waals surface area contributed by atoms with Gasteiger partial charge in [-0.2, -0.15) is 0 Å². The molecule has 7 heteroatoms. The molecule has 0 bridgehead atoms. The van der Waals surface area contributed by atoms with Crippen molar-refractivity contribution in [3.05, 3.63) is 35.9 Å². The number of carbonyl (C=O) groups is 1. The molecule has 1 aliphatic rings. The van der Waals surface area contributed by atoms with Gasteiger partial charge in [0.05, 0.1) is 11.8 Å². The summed E-state index contributed by atoms with van der Waals surface area (Å²) in [5, 5.41) is 0. The molecule has 0 aliphatic carbocycles. The molecule has 5 nitrogen and oxygen atoms in total. The van der Waals surface area contributed by atoms with E-state index in [1.54, 1.807) is 0 Å². The van der Waals surface area contributed by atoms with Gasteiger partial charge in [0.2, 0.25) is 9.05 Å². The van der Waals surface area contributed by atoms with Crippen LogP contribution in [-0.4, -0.2) is 37.8 Å². The Kier molecular flexibility index (Phi) is 4.88. The first-order valence-corrected chi connectivity index (χ1v) is 8.83. The van der Waals surface area contributed by atoms with E-state index < -0.39 is 15.1 Å². The van der Waals surface area contributed by atoms with Crippen LogP contribution in [-0.2, 0) is 20.4 Å². The molecule has 0 unspecified atom stereocenters. The lowest BCUT2D eigenvalue weighted by Gasteiger charge is -2.22. The Labute approximate surface area is 122 Å². The zero-order valence-electron chi connectivity index (χ0n) is 10.9. The fourth-order valence-electron chi connectivity index (χ4n) is 2.28. The molecule has 1 saturated heterocycles. The summed E-state index contributed by atoms with van der Waals surface area (Å²) in [5.74, 6) is -0.227. The van der Waals surface area contributed by atoms with E-state index in [2.05, 4.69) is 0 Å². The van der Waals surface area contributed by atoms with Gasteiger partial charge in [-0.05, 0) is 18.4 Å². The standard InChI is InChI=1S/C13H16ClNO4S/c14-20(17,18)10-12-7-4-8-15(12)13(16)19-9-11-5-2-1-3-6-11/h1-3,5-6,12H,4,7-10H2/t12-/m0/s1. The van der Waals surface area contributed by atoms with Crippen molar-refractivity contribution in [3.63, 3.8) is 0 Å². The highest BCUT2D eigenvalue weighted by atomic mass is 35.7. The minimum atomic E-state index is -3.62. The van der Waals surface area contributed by atoms with Crippen molar-refractivity contribution >= 4 is 25.8 Å². The molecule has 0 saturated carbocycles. The SMILES string of the molecule is O=C(OCc1ccccc1)N1CCC[C@H]1CS(=O)(=O)Cl.